The first-order valence-electron chi connectivity index (χ1n) is 10.5. The molecule has 0 aliphatic heterocycles. The predicted molar refractivity (Wildman–Crippen MR) is 123 cm³/mol. The summed E-state index contributed by atoms with van der Waals surface area (Å²) in [6, 6.07) is 8.61. The van der Waals surface area contributed by atoms with Crippen molar-refractivity contribution in [3.63, 3.8) is 0 Å². The average Bonchev–Trinajstić information content (AvgIpc) is 2.83. The lowest BCUT2D eigenvalue weighted by Crippen LogP contribution is -2.50. The SMILES string of the molecule is NC(=O)c1ccccc1F.O=C(Nc1c(Br)cc(C(F)(C(F)(F)F)C(F)(F)F)cc1C(F)(F)F)c1ccccc1F. The summed E-state index contributed by atoms with van der Waals surface area (Å²) in [6.07, 6.45) is -19.0. The topological polar surface area (TPSA) is 72.2 Å². The summed E-state index contributed by atoms with van der Waals surface area (Å²) in [5.41, 5.74) is -8.12. The van der Waals surface area contributed by atoms with Crippen LogP contribution in [-0.2, 0) is 11.8 Å². The summed E-state index contributed by atoms with van der Waals surface area (Å²) in [6.45, 7) is 0. The van der Waals surface area contributed by atoms with Crippen molar-refractivity contribution in [2.24, 2.45) is 5.73 Å². The van der Waals surface area contributed by atoms with Gasteiger partial charge in [-0.15, -0.1) is 0 Å². The van der Waals surface area contributed by atoms with Crippen molar-refractivity contribution in [1.82, 2.24) is 0 Å². The highest BCUT2D eigenvalue weighted by molar-refractivity contribution is 9.10. The maximum Gasteiger partial charge on any atom is 0.435 e. The minimum Gasteiger partial charge on any atom is -0.366 e. The minimum absolute atomic E-state index is 0.0671. The lowest BCUT2D eigenvalue weighted by Gasteiger charge is -2.31. The number of carbonyl (C=O) groups is 2. The van der Waals surface area contributed by atoms with Crippen LogP contribution in [0, 0.1) is 11.6 Å². The lowest BCUT2D eigenvalue weighted by molar-refractivity contribution is -0.348. The summed E-state index contributed by atoms with van der Waals surface area (Å²) >= 11 is 2.33. The molecule has 0 aliphatic rings. The largest absolute Gasteiger partial charge is 0.435 e. The number of rotatable bonds is 4. The quantitative estimate of drug-likeness (QED) is 0.276. The van der Waals surface area contributed by atoms with Crippen LogP contribution >= 0.6 is 15.9 Å². The van der Waals surface area contributed by atoms with Crippen LogP contribution in [-0.4, -0.2) is 24.2 Å². The van der Waals surface area contributed by atoms with Crippen LogP contribution in [0.4, 0.5) is 58.4 Å². The molecule has 0 saturated heterocycles. The van der Waals surface area contributed by atoms with E-state index in [1.807, 2.05) is 0 Å². The Morgan fingerprint density at radius 1 is 0.707 bits per heavy atom. The highest BCUT2D eigenvalue weighted by Crippen LogP contribution is 2.55. The number of hydrogen-bond donors (Lipinski definition) is 2. The van der Waals surface area contributed by atoms with Crippen molar-refractivity contribution in [3.8, 4) is 0 Å². The Kier molecular flexibility index (Phi) is 9.79. The third kappa shape index (κ3) is 7.31. The molecule has 41 heavy (non-hydrogen) atoms. The Balaban J connectivity index is 0.000000493. The number of anilines is 1. The van der Waals surface area contributed by atoms with Gasteiger partial charge in [0.25, 0.3) is 11.8 Å². The molecule has 0 aliphatic carbocycles. The van der Waals surface area contributed by atoms with Gasteiger partial charge >= 0.3 is 24.2 Å². The first-order chi connectivity index (χ1) is 18.6. The van der Waals surface area contributed by atoms with Crippen LogP contribution in [0.25, 0.3) is 0 Å². The fourth-order valence-electron chi connectivity index (χ4n) is 3.13. The first-order valence-corrected chi connectivity index (χ1v) is 11.3. The normalized spacial score (nSPS) is 12.3. The van der Waals surface area contributed by atoms with Crippen molar-refractivity contribution >= 4 is 33.4 Å². The van der Waals surface area contributed by atoms with E-state index in [0.29, 0.717) is 0 Å². The highest BCUT2D eigenvalue weighted by atomic mass is 79.9. The van der Waals surface area contributed by atoms with E-state index in [0.717, 1.165) is 24.3 Å². The van der Waals surface area contributed by atoms with E-state index in [1.165, 1.54) is 18.2 Å². The molecular weight excluding hydrogens is 656 g/mol. The second-order valence-electron chi connectivity index (χ2n) is 7.81. The third-order valence-electron chi connectivity index (χ3n) is 5.07. The van der Waals surface area contributed by atoms with Crippen LogP contribution < -0.4 is 11.1 Å². The van der Waals surface area contributed by atoms with E-state index in [1.54, 1.807) is 11.4 Å². The zero-order chi connectivity index (χ0) is 31.6. The Labute approximate surface area is 230 Å². The predicted octanol–water partition coefficient (Wildman–Crippen LogP) is 8.07. The second kappa shape index (κ2) is 12.0. The van der Waals surface area contributed by atoms with E-state index in [4.69, 9.17) is 5.73 Å². The van der Waals surface area contributed by atoms with Crippen LogP contribution in [0.15, 0.2) is 65.1 Å². The molecule has 0 unspecified atom stereocenters. The van der Waals surface area contributed by atoms with Crippen LogP contribution in [0.1, 0.15) is 31.8 Å². The number of nitrogens with one attached hydrogen (secondary N) is 1. The van der Waals surface area contributed by atoms with Gasteiger partial charge in [-0.3, -0.25) is 9.59 Å². The Morgan fingerprint density at radius 2 is 1.15 bits per heavy atom. The molecule has 3 N–H and O–H groups in total. The zero-order valence-corrected chi connectivity index (χ0v) is 21.2. The molecule has 222 valence electrons. The number of alkyl halides is 10. The van der Waals surface area contributed by atoms with E-state index >= 15 is 0 Å². The molecule has 4 nitrogen and oxygen atoms in total. The number of amides is 2. The molecule has 0 fully saturated rings. The van der Waals surface area contributed by atoms with E-state index in [2.05, 4.69) is 15.9 Å². The van der Waals surface area contributed by atoms with Gasteiger partial charge in [0.1, 0.15) is 11.6 Å². The summed E-state index contributed by atoms with van der Waals surface area (Å²) < 4.78 is 157. The van der Waals surface area contributed by atoms with Gasteiger partial charge < -0.3 is 11.1 Å². The van der Waals surface area contributed by atoms with Crippen molar-refractivity contribution in [1.29, 1.82) is 0 Å². The molecule has 2 amide bonds. The second-order valence-corrected chi connectivity index (χ2v) is 8.66. The molecule has 3 rings (SSSR count). The number of primary amides is 1. The molecule has 0 spiro atoms. The van der Waals surface area contributed by atoms with Gasteiger partial charge in [-0.05, 0) is 52.3 Å². The van der Waals surface area contributed by atoms with Crippen molar-refractivity contribution in [3.05, 3.63) is 99.0 Å². The number of halogens is 13. The monoisotopic (exact) mass is 668 g/mol. The summed E-state index contributed by atoms with van der Waals surface area (Å²) in [7, 11) is 0. The molecule has 0 aromatic heterocycles. The number of carbonyl (C=O) groups excluding carboxylic acids is 2. The van der Waals surface area contributed by atoms with Crippen molar-refractivity contribution in [2.75, 3.05) is 5.32 Å². The fourth-order valence-corrected chi connectivity index (χ4v) is 3.69. The lowest BCUT2D eigenvalue weighted by atomic mass is 9.92. The van der Waals surface area contributed by atoms with Crippen LogP contribution in [0.2, 0.25) is 0 Å². The average molecular weight is 669 g/mol. The molecule has 17 heteroatoms. The highest BCUT2D eigenvalue weighted by Gasteiger charge is 2.73. The van der Waals surface area contributed by atoms with Gasteiger partial charge in [0.05, 0.1) is 22.4 Å². The number of benzene rings is 3. The Hall–Kier alpha value is -3.76. The molecule has 0 radical (unpaired) electrons. The summed E-state index contributed by atoms with van der Waals surface area (Å²) in [5.74, 6) is -3.97. The van der Waals surface area contributed by atoms with Gasteiger partial charge in [0.2, 0.25) is 0 Å². The van der Waals surface area contributed by atoms with Crippen LogP contribution in [0.3, 0.4) is 0 Å². The standard InChI is InChI=1S/C17H7BrF11NO.C7H6FNO/c18-10-6-7(14(20,16(24,25)26)17(27,28)29)5-9(15(21,22)23)12(10)30-13(31)8-3-1-2-4-11(8)19;8-6-4-2-1-3-5(6)7(9)10/h1-6H,(H,30,31);1-4H,(H2,9,10). The minimum atomic E-state index is -6.66. The van der Waals surface area contributed by atoms with Gasteiger partial charge in [0, 0.05) is 10.0 Å². The van der Waals surface area contributed by atoms with E-state index < -0.39 is 80.6 Å². The number of nitrogens with two attached hydrogens (primary N) is 1. The molecule has 3 aromatic carbocycles. The first kappa shape index (κ1) is 33.4. The fraction of sp³-hybridized carbons (Fsp3) is 0.167. The number of hydrogen-bond acceptors (Lipinski definition) is 2. The maximum atomic E-state index is 14.2. The molecule has 0 saturated carbocycles. The molecular formula is C24H13BrF12N2O2. The Bertz CT molecular complexity index is 1420. The van der Waals surface area contributed by atoms with Crippen LogP contribution in [0.5, 0.6) is 0 Å². The van der Waals surface area contributed by atoms with Gasteiger partial charge in [-0.2, -0.15) is 39.5 Å². The molecule has 0 atom stereocenters. The van der Waals surface area contributed by atoms with E-state index in [-0.39, 0.29) is 11.6 Å². The summed E-state index contributed by atoms with van der Waals surface area (Å²) in [5, 5.41) is 1.57. The Morgan fingerprint density at radius 3 is 1.51 bits per heavy atom. The smallest absolute Gasteiger partial charge is 0.366 e. The molecule has 0 heterocycles. The van der Waals surface area contributed by atoms with Crippen molar-refractivity contribution in [2.45, 2.75) is 24.2 Å². The van der Waals surface area contributed by atoms with Crippen molar-refractivity contribution < 1.29 is 62.3 Å². The van der Waals surface area contributed by atoms with Gasteiger partial charge in [0.15, 0.2) is 0 Å². The van der Waals surface area contributed by atoms with Gasteiger partial charge in [-0.25, -0.2) is 13.2 Å². The molecule has 3 aromatic rings. The summed E-state index contributed by atoms with van der Waals surface area (Å²) in [4.78, 5) is 22.5. The van der Waals surface area contributed by atoms with Gasteiger partial charge in [-0.1, -0.05) is 24.3 Å². The zero-order valence-electron chi connectivity index (χ0n) is 19.6. The maximum absolute atomic E-state index is 14.2. The molecule has 0 bridgehead atoms. The van der Waals surface area contributed by atoms with E-state index in [9.17, 15) is 62.3 Å². The third-order valence-corrected chi connectivity index (χ3v) is 5.70.